The highest BCUT2D eigenvalue weighted by atomic mass is 16.1. The van der Waals surface area contributed by atoms with Crippen molar-refractivity contribution in [3.8, 4) is 0 Å². The summed E-state index contributed by atoms with van der Waals surface area (Å²) in [7, 11) is 0. The minimum Gasteiger partial charge on any atom is -0.315 e. The van der Waals surface area contributed by atoms with E-state index in [2.05, 4.69) is 10.6 Å². The number of ketones is 1. The summed E-state index contributed by atoms with van der Waals surface area (Å²) in [5, 5.41) is 6.37. The summed E-state index contributed by atoms with van der Waals surface area (Å²) in [6, 6.07) is -0.0232. The number of carbonyl (C=O) groups excluding carboxylic acids is 1. The number of likely N-dealkylation sites (N-methyl/N-ethyl adjacent to an activating group) is 2. The molecule has 0 saturated heterocycles. The largest absolute Gasteiger partial charge is 0.315 e. The molecule has 78 valence electrons. The minimum absolute atomic E-state index is 0.0232. The number of nitrogens with one attached hydrogen (secondary N) is 2. The quantitative estimate of drug-likeness (QED) is 0.618. The van der Waals surface area contributed by atoms with E-state index in [0.717, 1.165) is 19.6 Å². The number of Topliss-reactive ketones (excluding diaryl/α,β-unsaturated/α-hetero) is 1. The van der Waals surface area contributed by atoms with E-state index in [0.29, 0.717) is 5.78 Å². The second-order valence-corrected chi connectivity index (χ2v) is 3.48. The van der Waals surface area contributed by atoms with Gasteiger partial charge in [0.05, 0.1) is 6.04 Å². The van der Waals surface area contributed by atoms with Crippen LogP contribution in [0.15, 0.2) is 0 Å². The fourth-order valence-electron chi connectivity index (χ4n) is 1.21. The van der Waals surface area contributed by atoms with Crippen molar-refractivity contribution in [3.63, 3.8) is 0 Å². The van der Waals surface area contributed by atoms with Crippen LogP contribution in [0.3, 0.4) is 0 Å². The van der Waals surface area contributed by atoms with E-state index in [4.69, 9.17) is 0 Å². The fraction of sp³-hybridized carbons (Fsp3) is 0.900. The van der Waals surface area contributed by atoms with Gasteiger partial charge in [0.2, 0.25) is 0 Å². The van der Waals surface area contributed by atoms with Gasteiger partial charge in [-0.15, -0.1) is 0 Å². The lowest BCUT2D eigenvalue weighted by molar-refractivity contribution is -0.123. The average molecular weight is 186 g/mol. The maximum Gasteiger partial charge on any atom is 0.153 e. The van der Waals surface area contributed by atoms with Crippen LogP contribution in [0.25, 0.3) is 0 Å². The summed E-state index contributed by atoms with van der Waals surface area (Å²) in [6.45, 7) is 10.4. The first-order valence-electron chi connectivity index (χ1n) is 5.11. The van der Waals surface area contributed by atoms with E-state index < -0.39 is 0 Å². The number of hydrogen-bond acceptors (Lipinski definition) is 3. The van der Waals surface area contributed by atoms with Crippen molar-refractivity contribution in [2.45, 2.75) is 33.7 Å². The lowest BCUT2D eigenvalue weighted by atomic mass is 10.0. The van der Waals surface area contributed by atoms with Crippen molar-refractivity contribution >= 4 is 5.78 Å². The van der Waals surface area contributed by atoms with Crippen LogP contribution in [0.1, 0.15) is 27.7 Å². The topological polar surface area (TPSA) is 41.1 Å². The molecule has 0 saturated carbocycles. The summed E-state index contributed by atoms with van der Waals surface area (Å²) < 4.78 is 0. The Morgan fingerprint density at radius 2 is 1.85 bits per heavy atom. The average Bonchev–Trinajstić information content (AvgIpc) is 2.11. The first-order chi connectivity index (χ1) is 6.13. The SMILES string of the molecule is CCNCC(NCC)C(=O)C(C)C. The first-order valence-corrected chi connectivity index (χ1v) is 5.11. The predicted octanol–water partition coefficient (Wildman–Crippen LogP) is 0.799. The lowest BCUT2D eigenvalue weighted by Gasteiger charge is -2.18. The van der Waals surface area contributed by atoms with E-state index in [9.17, 15) is 4.79 Å². The highest BCUT2D eigenvalue weighted by molar-refractivity contribution is 5.85. The normalized spacial score (nSPS) is 13.3. The van der Waals surface area contributed by atoms with Crippen LogP contribution in [-0.4, -0.2) is 31.5 Å². The highest BCUT2D eigenvalue weighted by Crippen LogP contribution is 1.98. The predicted molar refractivity (Wildman–Crippen MR) is 55.9 cm³/mol. The standard InChI is InChI=1S/C10H22N2O/c1-5-11-7-9(12-6-2)10(13)8(3)4/h8-9,11-12H,5-7H2,1-4H3. The molecule has 13 heavy (non-hydrogen) atoms. The Hall–Kier alpha value is -0.410. The zero-order valence-corrected chi connectivity index (χ0v) is 9.18. The van der Waals surface area contributed by atoms with Gasteiger partial charge in [0.25, 0.3) is 0 Å². The molecule has 3 nitrogen and oxygen atoms in total. The molecule has 0 bridgehead atoms. The Bertz CT molecular complexity index is 146. The van der Waals surface area contributed by atoms with Gasteiger partial charge in [-0.05, 0) is 13.1 Å². The Morgan fingerprint density at radius 3 is 2.23 bits per heavy atom. The summed E-state index contributed by atoms with van der Waals surface area (Å²) in [5.74, 6) is 0.408. The third-order valence-corrected chi connectivity index (χ3v) is 1.96. The molecule has 0 aromatic rings. The maximum atomic E-state index is 11.6. The number of hydrogen-bond donors (Lipinski definition) is 2. The fourth-order valence-corrected chi connectivity index (χ4v) is 1.21. The van der Waals surface area contributed by atoms with Crippen molar-refractivity contribution in [2.24, 2.45) is 5.92 Å². The molecule has 0 heterocycles. The van der Waals surface area contributed by atoms with Gasteiger partial charge in [0.1, 0.15) is 0 Å². The summed E-state index contributed by atoms with van der Waals surface area (Å²) >= 11 is 0. The van der Waals surface area contributed by atoms with Gasteiger partial charge >= 0.3 is 0 Å². The Morgan fingerprint density at radius 1 is 1.23 bits per heavy atom. The maximum absolute atomic E-state index is 11.6. The van der Waals surface area contributed by atoms with Crippen LogP contribution >= 0.6 is 0 Å². The monoisotopic (exact) mass is 186 g/mol. The molecule has 0 amide bonds. The summed E-state index contributed by atoms with van der Waals surface area (Å²) in [5.41, 5.74) is 0. The lowest BCUT2D eigenvalue weighted by Crippen LogP contribution is -2.46. The minimum atomic E-state index is -0.0232. The van der Waals surface area contributed by atoms with Crippen LogP contribution in [0.4, 0.5) is 0 Å². The van der Waals surface area contributed by atoms with Gasteiger partial charge in [-0.25, -0.2) is 0 Å². The summed E-state index contributed by atoms with van der Waals surface area (Å²) in [6.07, 6.45) is 0. The van der Waals surface area contributed by atoms with E-state index >= 15 is 0 Å². The second kappa shape index (κ2) is 7.04. The van der Waals surface area contributed by atoms with Gasteiger partial charge in [-0.1, -0.05) is 27.7 Å². The highest BCUT2D eigenvalue weighted by Gasteiger charge is 2.18. The zero-order chi connectivity index (χ0) is 10.3. The van der Waals surface area contributed by atoms with E-state index in [1.807, 2.05) is 27.7 Å². The molecule has 0 fully saturated rings. The van der Waals surface area contributed by atoms with Crippen molar-refractivity contribution in [1.82, 2.24) is 10.6 Å². The van der Waals surface area contributed by atoms with Crippen molar-refractivity contribution in [3.05, 3.63) is 0 Å². The van der Waals surface area contributed by atoms with Crippen LogP contribution in [0, 0.1) is 5.92 Å². The molecule has 1 atom stereocenters. The zero-order valence-electron chi connectivity index (χ0n) is 9.18. The third kappa shape index (κ3) is 5.01. The second-order valence-electron chi connectivity index (χ2n) is 3.48. The Balaban J connectivity index is 3.99. The van der Waals surface area contributed by atoms with E-state index in [1.165, 1.54) is 0 Å². The van der Waals surface area contributed by atoms with Crippen molar-refractivity contribution in [1.29, 1.82) is 0 Å². The van der Waals surface area contributed by atoms with Crippen LogP contribution in [-0.2, 0) is 4.79 Å². The van der Waals surface area contributed by atoms with Gasteiger partial charge < -0.3 is 10.6 Å². The van der Waals surface area contributed by atoms with Crippen molar-refractivity contribution in [2.75, 3.05) is 19.6 Å². The van der Waals surface area contributed by atoms with Crippen LogP contribution < -0.4 is 10.6 Å². The first kappa shape index (κ1) is 12.6. The molecule has 0 rings (SSSR count). The Labute approximate surface area is 81.3 Å². The van der Waals surface area contributed by atoms with Crippen LogP contribution in [0.5, 0.6) is 0 Å². The van der Waals surface area contributed by atoms with Crippen molar-refractivity contribution < 1.29 is 4.79 Å². The molecule has 0 spiro atoms. The van der Waals surface area contributed by atoms with E-state index in [1.54, 1.807) is 0 Å². The molecular weight excluding hydrogens is 164 g/mol. The van der Waals surface area contributed by atoms with E-state index in [-0.39, 0.29) is 12.0 Å². The van der Waals surface area contributed by atoms with Gasteiger partial charge in [-0.3, -0.25) is 4.79 Å². The molecule has 2 N–H and O–H groups in total. The Kier molecular flexibility index (Phi) is 6.82. The molecule has 0 aromatic heterocycles. The van der Waals surface area contributed by atoms with Crippen LogP contribution in [0.2, 0.25) is 0 Å². The van der Waals surface area contributed by atoms with Gasteiger partial charge in [-0.2, -0.15) is 0 Å². The smallest absolute Gasteiger partial charge is 0.153 e. The number of rotatable bonds is 7. The molecular formula is C10H22N2O. The number of carbonyl (C=O) groups is 1. The van der Waals surface area contributed by atoms with Gasteiger partial charge in [0.15, 0.2) is 5.78 Å². The van der Waals surface area contributed by atoms with Gasteiger partial charge in [0, 0.05) is 12.5 Å². The molecule has 0 aliphatic carbocycles. The molecule has 0 aliphatic rings. The molecule has 0 aliphatic heterocycles. The molecule has 0 radical (unpaired) electrons. The molecule has 0 aromatic carbocycles. The third-order valence-electron chi connectivity index (χ3n) is 1.96. The summed E-state index contributed by atoms with van der Waals surface area (Å²) in [4.78, 5) is 11.6. The molecule has 3 heteroatoms. The molecule has 1 unspecified atom stereocenters.